The zero-order chi connectivity index (χ0) is 13.4. The van der Waals surface area contributed by atoms with Crippen molar-refractivity contribution < 1.29 is 14.7 Å². The van der Waals surface area contributed by atoms with Gasteiger partial charge in [0.25, 0.3) is 5.91 Å². The third kappa shape index (κ3) is 1.95. The molecule has 5 heteroatoms. The Morgan fingerprint density at radius 3 is 2.89 bits per heavy atom. The van der Waals surface area contributed by atoms with Gasteiger partial charge in [0.1, 0.15) is 11.8 Å². The standard InChI is InChI=1S/C14H16N2O3/c17-12-6-3-4-9-10(12)8-16(14(9)19)11-5-1-2-7-15-13(11)18/h3-4,6,11,17H,1-2,5,7-8H2,(H,15,18)/t11-/m0/s1. The number of carbonyl (C=O) groups excluding carboxylic acids is 2. The number of rotatable bonds is 1. The fourth-order valence-electron chi connectivity index (χ4n) is 2.81. The number of phenolic OH excluding ortho intramolecular Hbond substituents is 1. The van der Waals surface area contributed by atoms with Crippen LogP contribution in [0.1, 0.15) is 35.2 Å². The van der Waals surface area contributed by atoms with E-state index in [9.17, 15) is 14.7 Å². The van der Waals surface area contributed by atoms with Crippen molar-refractivity contribution >= 4 is 11.8 Å². The van der Waals surface area contributed by atoms with Crippen LogP contribution in [0.4, 0.5) is 0 Å². The van der Waals surface area contributed by atoms with Crippen LogP contribution in [0.15, 0.2) is 18.2 Å². The van der Waals surface area contributed by atoms with Crippen molar-refractivity contribution in [1.82, 2.24) is 10.2 Å². The average Bonchev–Trinajstić information content (AvgIpc) is 2.59. The third-order valence-corrected chi connectivity index (χ3v) is 3.85. The minimum absolute atomic E-state index is 0.0851. The number of benzene rings is 1. The number of aromatic hydroxyl groups is 1. The Hall–Kier alpha value is -2.04. The number of amides is 2. The van der Waals surface area contributed by atoms with Crippen LogP contribution in [0, 0.1) is 0 Å². The minimum Gasteiger partial charge on any atom is -0.508 e. The summed E-state index contributed by atoms with van der Waals surface area (Å²) in [5.41, 5.74) is 1.14. The molecule has 5 nitrogen and oxygen atoms in total. The maximum atomic E-state index is 12.3. The summed E-state index contributed by atoms with van der Waals surface area (Å²) < 4.78 is 0. The number of nitrogens with zero attached hydrogens (tertiary/aromatic N) is 1. The van der Waals surface area contributed by atoms with Crippen LogP contribution in [0.3, 0.4) is 0 Å². The predicted octanol–water partition coefficient (Wildman–Crippen LogP) is 1.02. The third-order valence-electron chi connectivity index (χ3n) is 3.85. The number of hydrogen-bond acceptors (Lipinski definition) is 3. The van der Waals surface area contributed by atoms with Gasteiger partial charge in [0, 0.05) is 17.7 Å². The zero-order valence-corrected chi connectivity index (χ0v) is 10.6. The maximum Gasteiger partial charge on any atom is 0.255 e. The minimum atomic E-state index is -0.415. The summed E-state index contributed by atoms with van der Waals surface area (Å²) in [6, 6.07) is 4.51. The van der Waals surface area contributed by atoms with E-state index in [0.717, 1.165) is 12.8 Å². The fraction of sp³-hybridized carbons (Fsp3) is 0.429. The highest BCUT2D eigenvalue weighted by atomic mass is 16.3. The first kappa shape index (κ1) is 12.0. The first-order chi connectivity index (χ1) is 9.18. The number of phenols is 1. The van der Waals surface area contributed by atoms with Crippen molar-refractivity contribution in [2.45, 2.75) is 31.8 Å². The lowest BCUT2D eigenvalue weighted by Crippen LogP contribution is -2.45. The Bertz CT molecular complexity index is 541. The van der Waals surface area contributed by atoms with E-state index in [1.807, 2.05) is 0 Å². The van der Waals surface area contributed by atoms with Gasteiger partial charge in [-0.1, -0.05) is 6.07 Å². The first-order valence-electron chi connectivity index (χ1n) is 6.58. The van der Waals surface area contributed by atoms with Gasteiger partial charge in [-0.15, -0.1) is 0 Å². The van der Waals surface area contributed by atoms with E-state index in [1.54, 1.807) is 23.1 Å². The first-order valence-corrected chi connectivity index (χ1v) is 6.58. The molecule has 1 fully saturated rings. The molecule has 0 saturated carbocycles. The molecule has 0 aliphatic carbocycles. The van der Waals surface area contributed by atoms with Crippen LogP contribution in [0.25, 0.3) is 0 Å². The topological polar surface area (TPSA) is 69.6 Å². The molecule has 2 aliphatic heterocycles. The Kier molecular flexibility index (Phi) is 2.89. The second kappa shape index (κ2) is 4.57. The summed E-state index contributed by atoms with van der Waals surface area (Å²) in [5.74, 6) is -0.117. The summed E-state index contributed by atoms with van der Waals surface area (Å²) >= 11 is 0. The SMILES string of the molecule is O=C1NCCCC[C@@H]1N1Cc2c(O)cccc2C1=O. The average molecular weight is 260 g/mol. The van der Waals surface area contributed by atoms with Crippen LogP contribution in [-0.4, -0.2) is 34.4 Å². The second-order valence-corrected chi connectivity index (χ2v) is 5.04. The van der Waals surface area contributed by atoms with Gasteiger partial charge in [0.15, 0.2) is 0 Å². The zero-order valence-electron chi connectivity index (χ0n) is 10.6. The van der Waals surface area contributed by atoms with Crippen LogP contribution in [0.5, 0.6) is 5.75 Å². The molecule has 1 aromatic carbocycles. The molecule has 100 valence electrons. The maximum absolute atomic E-state index is 12.3. The molecule has 0 radical (unpaired) electrons. The van der Waals surface area contributed by atoms with Gasteiger partial charge in [-0.3, -0.25) is 9.59 Å². The van der Waals surface area contributed by atoms with E-state index in [4.69, 9.17) is 0 Å². The number of hydrogen-bond donors (Lipinski definition) is 2. The Morgan fingerprint density at radius 1 is 1.26 bits per heavy atom. The van der Waals surface area contributed by atoms with Crippen LogP contribution in [0.2, 0.25) is 0 Å². The summed E-state index contributed by atoms with van der Waals surface area (Å²) in [4.78, 5) is 25.9. The molecule has 0 unspecified atom stereocenters. The molecule has 0 spiro atoms. The van der Waals surface area contributed by atoms with Gasteiger partial charge in [-0.25, -0.2) is 0 Å². The quantitative estimate of drug-likeness (QED) is 0.792. The normalized spacial score (nSPS) is 22.9. The van der Waals surface area contributed by atoms with Crippen LogP contribution in [-0.2, 0) is 11.3 Å². The highest BCUT2D eigenvalue weighted by molar-refractivity contribution is 6.01. The predicted molar refractivity (Wildman–Crippen MR) is 68.6 cm³/mol. The summed E-state index contributed by atoms with van der Waals surface area (Å²) in [6.07, 6.45) is 2.56. The molecule has 1 saturated heterocycles. The molecular formula is C14H16N2O3. The van der Waals surface area contributed by atoms with E-state index in [1.165, 1.54) is 0 Å². The molecule has 3 rings (SSSR count). The monoisotopic (exact) mass is 260 g/mol. The van der Waals surface area contributed by atoms with E-state index < -0.39 is 6.04 Å². The van der Waals surface area contributed by atoms with Crippen molar-refractivity contribution in [3.8, 4) is 5.75 Å². The van der Waals surface area contributed by atoms with Crippen molar-refractivity contribution in [3.05, 3.63) is 29.3 Å². The number of carbonyl (C=O) groups is 2. The fourth-order valence-corrected chi connectivity index (χ4v) is 2.81. The van der Waals surface area contributed by atoms with Crippen molar-refractivity contribution in [2.24, 2.45) is 0 Å². The van der Waals surface area contributed by atoms with Crippen LogP contribution >= 0.6 is 0 Å². The molecule has 2 heterocycles. The molecule has 2 N–H and O–H groups in total. The Labute approximate surface area is 111 Å². The molecule has 2 aliphatic rings. The van der Waals surface area contributed by atoms with Gasteiger partial charge in [0.05, 0.1) is 6.54 Å². The number of nitrogens with one attached hydrogen (secondary N) is 1. The molecule has 19 heavy (non-hydrogen) atoms. The second-order valence-electron chi connectivity index (χ2n) is 5.04. The van der Waals surface area contributed by atoms with E-state index in [-0.39, 0.29) is 17.6 Å². The van der Waals surface area contributed by atoms with E-state index >= 15 is 0 Å². The Morgan fingerprint density at radius 2 is 2.11 bits per heavy atom. The van der Waals surface area contributed by atoms with Gasteiger partial charge in [0.2, 0.25) is 5.91 Å². The van der Waals surface area contributed by atoms with E-state index in [2.05, 4.69) is 5.32 Å². The lowest BCUT2D eigenvalue weighted by Gasteiger charge is -2.25. The van der Waals surface area contributed by atoms with Gasteiger partial charge in [-0.05, 0) is 31.4 Å². The summed E-state index contributed by atoms with van der Waals surface area (Å²) in [6.45, 7) is 0.995. The summed E-state index contributed by atoms with van der Waals surface area (Å²) in [7, 11) is 0. The van der Waals surface area contributed by atoms with Crippen molar-refractivity contribution in [2.75, 3.05) is 6.54 Å². The molecule has 1 atom stereocenters. The molecule has 0 aromatic heterocycles. The molecule has 0 bridgehead atoms. The number of fused-ring (bicyclic) bond motifs is 1. The highest BCUT2D eigenvalue weighted by Crippen LogP contribution is 2.32. The smallest absolute Gasteiger partial charge is 0.255 e. The van der Waals surface area contributed by atoms with Gasteiger partial charge >= 0.3 is 0 Å². The molecule has 2 amide bonds. The van der Waals surface area contributed by atoms with Gasteiger partial charge < -0.3 is 15.3 Å². The molecular weight excluding hydrogens is 244 g/mol. The lowest BCUT2D eigenvalue weighted by molar-refractivity contribution is -0.125. The largest absolute Gasteiger partial charge is 0.508 e. The van der Waals surface area contributed by atoms with Crippen molar-refractivity contribution in [3.63, 3.8) is 0 Å². The van der Waals surface area contributed by atoms with E-state index in [0.29, 0.717) is 30.6 Å². The Balaban J connectivity index is 1.90. The lowest BCUT2D eigenvalue weighted by atomic mass is 10.1. The summed E-state index contributed by atoms with van der Waals surface area (Å²) in [5, 5.41) is 12.6. The highest BCUT2D eigenvalue weighted by Gasteiger charge is 2.37. The van der Waals surface area contributed by atoms with Gasteiger partial charge in [-0.2, -0.15) is 0 Å². The van der Waals surface area contributed by atoms with Crippen LogP contribution < -0.4 is 5.32 Å². The molecule has 1 aromatic rings. The van der Waals surface area contributed by atoms with Crippen molar-refractivity contribution in [1.29, 1.82) is 0 Å².